The van der Waals surface area contributed by atoms with E-state index in [2.05, 4.69) is 6.92 Å². The molecular formula is C12H16O2S. The van der Waals surface area contributed by atoms with Gasteiger partial charge in [0.1, 0.15) is 5.78 Å². The monoisotopic (exact) mass is 224 g/mol. The van der Waals surface area contributed by atoms with Crippen LogP contribution in [-0.4, -0.2) is 11.6 Å². The number of thiophene rings is 1. The van der Waals surface area contributed by atoms with Crippen molar-refractivity contribution in [2.75, 3.05) is 0 Å². The van der Waals surface area contributed by atoms with Crippen molar-refractivity contribution in [2.45, 2.75) is 33.6 Å². The standard InChI is InChI=1S/C12H16O2S/c1-4-9-5-6-12(15-9)11(14)7-10(13)8(2)3/h5-6,8H,4,7H2,1-3H3. The summed E-state index contributed by atoms with van der Waals surface area (Å²) < 4.78 is 0. The third kappa shape index (κ3) is 3.27. The first-order valence-electron chi connectivity index (χ1n) is 5.19. The van der Waals surface area contributed by atoms with Gasteiger partial charge in [0.05, 0.1) is 11.3 Å². The van der Waals surface area contributed by atoms with Gasteiger partial charge in [0.15, 0.2) is 5.78 Å². The van der Waals surface area contributed by atoms with Crippen LogP contribution in [0.1, 0.15) is 41.7 Å². The molecule has 1 rings (SSSR count). The van der Waals surface area contributed by atoms with Gasteiger partial charge in [0, 0.05) is 10.8 Å². The molecule has 0 aliphatic carbocycles. The summed E-state index contributed by atoms with van der Waals surface area (Å²) in [7, 11) is 0. The molecule has 0 aliphatic heterocycles. The second-order valence-corrected chi connectivity index (χ2v) is 5.01. The zero-order valence-electron chi connectivity index (χ0n) is 9.37. The number of hydrogen-bond acceptors (Lipinski definition) is 3. The minimum atomic E-state index is -0.0560. The zero-order chi connectivity index (χ0) is 11.4. The smallest absolute Gasteiger partial charge is 0.180 e. The van der Waals surface area contributed by atoms with E-state index in [1.807, 2.05) is 26.0 Å². The summed E-state index contributed by atoms with van der Waals surface area (Å²) in [6, 6.07) is 3.77. The van der Waals surface area contributed by atoms with Crippen molar-refractivity contribution < 1.29 is 9.59 Å². The molecule has 0 radical (unpaired) electrons. The number of hydrogen-bond donors (Lipinski definition) is 0. The Balaban J connectivity index is 2.65. The Morgan fingerprint density at radius 1 is 1.33 bits per heavy atom. The SMILES string of the molecule is CCc1ccc(C(=O)CC(=O)C(C)C)s1. The Labute approximate surface area is 94.3 Å². The number of ketones is 2. The average molecular weight is 224 g/mol. The van der Waals surface area contributed by atoms with Crippen molar-refractivity contribution in [3.63, 3.8) is 0 Å². The Morgan fingerprint density at radius 2 is 2.00 bits per heavy atom. The lowest BCUT2D eigenvalue weighted by atomic mass is 10.0. The fourth-order valence-corrected chi connectivity index (χ4v) is 2.05. The lowest BCUT2D eigenvalue weighted by Gasteiger charge is -2.01. The van der Waals surface area contributed by atoms with Crippen LogP contribution in [0.5, 0.6) is 0 Å². The van der Waals surface area contributed by atoms with Crippen LogP contribution in [0.4, 0.5) is 0 Å². The maximum atomic E-state index is 11.7. The van der Waals surface area contributed by atoms with Gasteiger partial charge in [-0.2, -0.15) is 0 Å². The summed E-state index contributed by atoms with van der Waals surface area (Å²) in [4.78, 5) is 25.0. The molecule has 0 unspecified atom stereocenters. The summed E-state index contributed by atoms with van der Waals surface area (Å²) in [6.07, 6.45) is 0.984. The highest BCUT2D eigenvalue weighted by Gasteiger charge is 2.15. The molecule has 3 heteroatoms. The molecule has 0 saturated heterocycles. The first kappa shape index (κ1) is 12.1. The Bertz CT molecular complexity index is 363. The van der Waals surface area contributed by atoms with Crippen molar-refractivity contribution in [3.8, 4) is 0 Å². The van der Waals surface area contributed by atoms with Crippen LogP contribution in [0.15, 0.2) is 12.1 Å². The summed E-state index contributed by atoms with van der Waals surface area (Å²) in [5.41, 5.74) is 0. The molecule has 1 aromatic heterocycles. The molecule has 1 aromatic rings. The third-order valence-electron chi connectivity index (χ3n) is 2.26. The Morgan fingerprint density at radius 3 is 2.47 bits per heavy atom. The highest BCUT2D eigenvalue weighted by molar-refractivity contribution is 7.14. The molecule has 2 nitrogen and oxygen atoms in total. The minimum absolute atomic E-state index is 0.0199. The van der Waals surface area contributed by atoms with Crippen molar-refractivity contribution in [1.82, 2.24) is 0 Å². The summed E-state index contributed by atoms with van der Waals surface area (Å²) >= 11 is 1.49. The summed E-state index contributed by atoms with van der Waals surface area (Å²) in [6.45, 7) is 5.70. The van der Waals surface area contributed by atoms with Crippen molar-refractivity contribution in [3.05, 3.63) is 21.9 Å². The van der Waals surface area contributed by atoms with E-state index >= 15 is 0 Å². The summed E-state index contributed by atoms with van der Waals surface area (Å²) in [5.74, 6) is -0.0793. The number of carbonyl (C=O) groups is 2. The van der Waals surface area contributed by atoms with Crippen molar-refractivity contribution in [2.24, 2.45) is 5.92 Å². The second-order valence-electron chi connectivity index (χ2n) is 3.84. The van der Waals surface area contributed by atoms with Crippen LogP contribution < -0.4 is 0 Å². The van der Waals surface area contributed by atoms with Gasteiger partial charge in [-0.05, 0) is 18.6 Å². The van der Waals surface area contributed by atoms with Gasteiger partial charge in [-0.25, -0.2) is 0 Å². The number of rotatable bonds is 5. The molecular weight excluding hydrogens is 208 g/mol. The predicted octanol–water partition coefficient (Wildman–Crippen LogP) is 3.11. The van der Waals surface area contributed by atoms with Crippen LogP contribution in [0, 0.1) is 5.92 Å². The Kier molecular flexibility index (Phi) is 4.21. The van der Waals surface area contributed by atoms with Gasteiger partial charge in [-0.1, -0.05) is 20.8 Å². The molecule has 0 fully saturated rings. The fraction of sp³-hybridized carbons (Fsp3) is 0.500. The Hall–Kier alpha value is -0.960. The molecule has 0 spiro atoms. The van der Waals surface area contributed by atoms with E-state index < -0.39 is 0 Å². The van der Waals surface area contributed by atoms with E-state index in [0.717, 1.165) is 6.42 Å². The number of carbonyl (C=O) groups excluding carboxylic acids is 2. The van der Waals surface area contributed by atoms with E-state index in [-0.39, 0.29) is 23.9 Å². The molecule has 0 bridgehead atoms. The van der Waals surface area contributed by atoms with Crippen LogP contribution in [0.2, 0.25) is 0 Å². The number of Topliss-reactive ketones (excluding diaryl/α,β-unsaturated/α-hetero) is 2. The molecule has 0 amide bonds. The largest absolute Gasteiger partial charge is 0.299 e. The maximum absolute atomic E-state index is 11.7. The molecule has 82 valence electrons. The van der Waals surface area contributed by atoms with Gasteiger partial charge in [-0.3, -0.25) is 9.59 Å². The highest BCUT2D eigenvalue weighted by atomic mass is 32.1. The van der Waals surface area contributed by atoms with Crippen LogP contribution in [0.25, 0.3) is 0 Å². The van der Waals surface area contributed by atoms with Crippen molar-refractivity contribution in [1.29, 1.82) is 0 Å². The van der Waals surface area contributed by atoms with Crippen LogP contribution in [0.3, 0.4) is 0 Å². The van der Waals surface area contributed by atoms with Crippen LogP contribution >= 0.6 is 11.3 Å². The summed E-state index contributed by atoms with van der Waals surface area (Å²) in [5, 5.41) is 0. The fourth-order valence-electron chi connectivity index (χ4n) is 1.17. The van der Waals surface area contributed by atoms with E-state index in [4.69, 9.17) is 0 Å². The first-order valence-corrected chi connectivity index (χ1v) is 6.00. The van der Waals surface area contributed by atoms with Gasteiger partial charge in [0.25, 0.3) is 0 Å². The van der Waals surface area contributed by atoms with Crippen LogP contribution in [-0.2, 0) is 11.2 Å². The normalized spacial score (nSPS) is 10.7. The molecule has 0 N–H and O–H groups in total. The van der Waals surface area contributed by atoms with Gasteiger partial charge in [-0.15, -0.1) is 11.3 Å². The lowest BCUT2D eigenvalue weighted by molar-refractivity contribution is -0.121. The minimum Gasteiger partial charge on any atom is -0.299 e. The van der Waals surface area contributed by atoms with Gasteiger partial charge < -0.3 is 0 Å². The zero-order valence-corrected chi connectivity index (χ0v) is 10.2. The van der Waals surface area contributed by atoms with Gasteiger partial charge in [0.2, 0.25) is 0 Å². The number of aryl methyl sites for hydroxylation is 1. The highest BCUT2D eigenvalue weighted by Crippen LogP contribution is 2.19. The average Bonchev–Trinajstić information content (AvgIpc) is 2.65. The van der Waals surface area contributed by atoms with E-state index in [9.17, 15) is 9.59 Å². The van der Waals surface area contributed by atoms with Crippen molar-refractivity contribution >= 4 is 22.9 Å². The van der Waals surface area contributed by atoms with E-state index in [1.54, 1.807) is 0 Å². The quantitative estimate of drug-likeness (QED) is 0.569. The third-order valence-corrected chi connectivity index (χ3v) is 3.53. The topological polar surface area (TPSA) is 34.1 Å². The molecule has 0 aromatic carbocycles. The van der Waals surface area contributed by atoms with E-state index in [1.165, 1.54) is 16.2 Å². The molecule has 1 heterocycles. The molecule has 0 aliphatic rings. The molecule has 0 saturated carbocycles. The molecule has 0 atom stereocenters. The predicted molar refractivity (Wildman–Crippen MR) is 62.5 cm³/mol. The van der Waals surface area contributed by atoms with Gasteiger partial charge >= 0.3 is 0 Å². The lowest BCUT2D eigenvalue weighted by Crippen LogP contribution is -2.12. The van der Waals surface area contributed by atoms with E-state index in [0.29, 0.717) is 4.88 Å². The first-order chi connectivity index (χ1) is 7.04. The maximum Gasteiger partial charge on any atom is 0.180 e. The second kappa shape index (κ2) is 5.21. The molecule has 15 heavy (non-hydrogen) atoms.